The highest BCUT2D eigenvalue weighted by atomic mass is 32.2. The number of thioether (sulfide) groups is 1. The van der Waals surface area contributed by atoms with Crippen molar-refractivity contribution in [1.82, 2.24) is 24.7 Å². The lowest BCUT2D eigenvalue weighted by atomic mass is 10.2. The van der Waals surface area contributed by atoms with Gasteiger partial charge in [-0.1, -0.05) is 35.2 Å². The zero-order valence-electron chi connectivity index (χ0n) is 15.7. The molecule has 0 fully saturated rings. The third-order valence-corrected chi connectivity index (χ3v) is 5.97. The van der Waals surface area contributed by atoms with E-state index in [9.17, 15) is 4.79 Å². The Morgan fingerprint density at radius 3 is 3.03 bits per heavy atom. The molecule has 0 unspecified atom stereocenters. The minimum absolute atomic E-state index is 0.137. The van der Waals surface area contributed by atoms with Crippen LogP contribution in [0.2, 0.25) is 0 Å². The first kappa shape index (κ1) is 19.3. The summed E-state index contributed by atoms with van der Waals surface area (Å²) in [4.78, 5) is 21.0. The Balaban J connectivity index is 1.46. The predicted octanol–water partition coefficient (Wildman–Crippen LogP) is 4.18. The lowest BCUT2D eigenvalue weighted by Gasteiger charge is -2.07. The van der Waals surface area contributed by atoms with E-state index in [0.717, 1.165) is 15.8 Å². The summed E-state index contributed by atoms with van der Waals surface area (Å²) < 4.78 is 2.97. The molecule has 0 saturated carbocycles. The van der Waals surface area contributed by atoms with Crippen LogP contribution >= 0.6 is 23.1 Å². The molecule has 0 spiro atoms. The van der Waals surface area contributed by atoms with Crippen molar-refractivity contribution in [2.24, 2.45) is 0 Å². The number of nitrogens with one attached hydrogen (secondary N) is 1. The second-order valence-electron chi connectivity index (χ2n) is 6.27. The van der Waals surface area contributed by atoms with Gasteiger partial charge in [0.15, 0.2) is 16.1 Å². The van der Waals surface area contributed by atoms with Crippen molar-refractivity contribution >= 4 is 44.4 Å². The Labute approximate surface area is 175 Å². The van der Waals surface area contributed by atoms with Gasteiger partial charge in [0.1, 0.15) is 0 Å². The van der Waals surface area contributed by atoms with Crippen LogP contribution in [-0.4, -0.2) is 36.4 Å². The SMILES string of the molecule is C=CCn1c(SCC(=O)Nc2nc3ccc(C)cc3s2)nnc1-c1cccnc1. The average molecular weight is 423 g/mol. The van der Waals surface area contributed by atoms with E-state index in [1.807, 2.05) is 35.8 Å². The van der Waals surface area contributed by atoms with Gasteiger partial charge in [0, 0.05) is 24.5 Å². The van der Waals surface area contributed by atoms with E-state index in [4.69, 9.17) is 0 Å². The van der Waals surface area contributed by atoms with Gasteiger partial charge >= 0.3 is 0 Å². The quantitative estimate of drug-likeness (QED) is 0.355. The normalized spacial score (nSPS) is 10.9. The maximum absolute atomic E-state index is 12.4. The monoisotopic (exact) mass is 422 g/mol. The van der Waals surface area contributed by atoms with Crippen LogP contribution in [0.15, 0.2) is 60.5 Å². The van der Waals surface area contributed by atoms with Gasteiger partial charge in [-0.25, -0.2) is 4.98 Å². The summed E-state index contributed by atoms with van der Waals surface area (Å²) in [5, 5.41) is 12.6. The van der Waals surface area contributed by atoms with E-state index in [1.165, 1.54) is 28.7 Å². The standard InChI is InChI=1S/C20H18N6OS2/c1-3-9-26-18(14-5-4-8-21-11-14)24-25-20(26)28-12-17(27)23-19-22-15-7-6-13(2)10-16(15)29-19/h3-8,10-11H,1,9,12H2,2H3,(H,22,23,27). The van der Waals surface area contributed by atoms with Crippen molar-refractivity contribution in [2.45, 2.75) is 18.6 Å². The Morgan fingerprint density at radius 2 is 2.24 bits per heavy atom. The van der Waals surface area contributed by atoms with Crippen molar-refractivity contribution in [3.05, 3.63) is 60.9 Å². The number of thiazole rings is 1. The van der Waals surface area contributed by atoms with E-state index in [0.29, 0.717) is 22.7 Å². The number of fused-ring (bicyclic) bond motifs is 1. The summed E-state index contributed by atoms with van der Waals surface area (Å²) in [6, 6.07) is 9.81. The smallest absolute Gasteiger partial charge is 0.236 e. The molecule has 1 N–H and O–H groups in total. The number of pyridine rings is 1. The first-order chi connectivity index (χ1) is 14.1. The molecule has 0 bridgehead atoms. The van der Waals surface area contributed by atoms with E-state index in [2.05, 4.69) is 38.1 Å². The van der Waals surface area contributed by atoms with Gasteiger partial charge in [0.25, 0.3) is 0 Å². The van der Waals surface area contributed by atoms with Gasteiger partial charge in [-0.15, -0.1) is 16.8 Å². The molecule has 29 heavy (non-hydrogen) atoms. The van der Waals surface area contributed by atoms with E-state index in [1.54, 1.807) is 18.5 Å². The summed E-state index contributed by atoms with van der Waals surface area (Å²) in [7, 11) is 0. The second-order valence-corrected chi connectivity index (χ2v) is 8.25. The Kier molecular flexibility index (Phi) is 5.68. The average Bonchev–Trinajstić information content (AvgIpc) is 3.30. The van der Waals surface area contributed by atoms with Gasteiger partial charge in [0.05, 0.1) is 16.0 Å². The zero-order valence-corrected chi connectivity index (χ0v) is 17.3. The van der Waals surface area contributed by atoms with Crippen LogP contribution in [0.5, 0.6) is 0 Å². The predicted molar refractivity (Wildman–Crippen MR) is 117 cm³/mol. The first-order valence-electron chi connectivity index (χ1n) is 8.88. The summed E-state index contributed by atoms with van der Waals surface area (Å²) in [5.41, 5.74) is 2.92. The first-order valence-corrected chi connectivity index (χ1v) is 10.7. The van der Waals surface area contributed by atoms with Crippen molar-refractivity contribution < 1.29 is 4.79 Å². The summed E-state index contributed by atoms with van der Waals surface area (Å²) in [6.45, 7) is 6.38. The molecule has 0 aliphatic carbocycles. The van der Waals surface area contributed by atoms with Crippen LogP contribution in [0.4, 0.5) is 5.13 Å². The molecule has 9 heteroatoms. The molecule has 3 aromatic heterocycles. The molecule has 0 atom stereocenters. The zero-order chi connectivity index (χ0) is 20.2. The number of amides is 1. The van der Waals surface area contributed by atoms with Crippen LogP contribution in [0.25, 0.3) is 21.6 Å². The molecule has 146 valence electrons. The number of aryl methyl sites for hydroxylation is 1. The van der Waals surface area contributed by atoms with Gasteiger partial charge in [-0.05, 0) is 36.8 Å². The van der Waals surface area contributed by atoms with E-state index < -0.39 is 0 Å². The highest BCUT2D eigenvalue weighted by molar-refractivity contribution is 7.99. The van der Waals surface area contributed by atoms with Crippen LogP contribution in [0.3, 0.4) is 0 Å². The molecule has 1 aromatic carbocycles. The van der Waals surface area contributed by atoms with Crippen LogP contribution in [0.1, 0.15) is 5.56 Å². The number of benzene rings is 1. The number of carbonyl (C=O) groups is 1. The fraction of sp³-hybridized carbons (Fsp3) is 0.150. The molecule has 7 nitrogen and oxygen atoms in total. The third kappa shape index (κ3) is 4.36. The molecular weight excluding hydrogens is 404 g/mol. The Morgan fingerprint density at radius 1 is 1.34 bits per heavy atom. The van der Waals surface area contributed by atoms with E-state index >= 15 is 0 Å². The molecule has 4 aromatic rings. The Bertz CT molecular complexity index is 1170. The van der Waals surface area contributed by atoms with Crippen molar-refractivity contribution in [3.8, 4) is 11.4 Å². The molecule has 0 aliphatic heterocycles. The lowest BCUT2D eigenvalue weighted by Crippen LogP contribution is -2.14. The number of anilines is 1. The molecule has 4 rings (SSSR count). The summed E-state index contributed by atoms with van der Waals surface area (Å²) in [5.74, 6) is 0.765. The number of hydrogen-bond acceptors (Lipinski definition) is 7. The molecular formula is C20H18N6OS2. The fourth-order valence-electron chi connectivity index (χ4n) is 2.77. The van der Waals surface area contributed by atoms with Crippen LogP contribution in [0, 0.1) is 6.92 Å². The molecule has 0 saturated heterocycles. The van der Waals surface area contributed by atoms with Gasteiger partial charge < -0.3 is 5.32 Å². The summed E-state index contributed by atoms with van der Waals surface area (Å²) >= 11 is 2.79. The third-order valence-electron chi connectivity index (χ3n) is 4.07. The number of rotatable bonds is 7. The number of carbonyl (C=O) groups excluding carboxylic acids is 1. The molecule has 1 amide bonds. The van der Waals surface area contributed by atoms with Crippen molar-refractivity contribution in [1.29, 1.82) is 0 Å². The number of hydrogen-bond donors (Lipinski definition) is 1. The Hall–Kier alpha value is -3.04. The number of aromatic nitrogens is 5. The van der Waals surface area contributed by atoms with Crippen LogP contribution < -0.4 is 5.32 Å². The number of allylic oxidation sites excluding steroid dienone is 1. The largest absolute Gasteiger partial charge is 0.301 e. The van der Waals surface area contributed by atoms with Crippen LogP contribution in [-0.2, 0) is 11.3 Å². The van der Waals surface area contributed by atoms with Gasteiger partial charge in [-0.2, -0.15) is 0 Å². The maximum Gasteiger partial charge on any atom is 0.236 e. The molecule has 0 radical (unpaired) electrons. The lowest BCUT2D eigenvalue weighted by molar-refractivity contribution is -0.113. The molecule has 0 aliphatic rings. The number of nitrogens with zero attached hydrogens (tertiary/aromatic N) is 5. The topological polar surface area (TPSA) is 85.6 Å². The van der Waals surface area contributed by atoms with Gasteiger partial charge in [0.2, 0.25) is 5.91 Å². The minimum atomic E-state index is -0.137. The van der Waals surface area contributed by atoms with Crippen molar-refractivity contribution in [2.75, 3.05) is 11.1 Å². The highest BCUT2D eigenvalue weighted by Gasteiger charge is 2.16. The fourth-order valence-corrected chi connectivity index (χ4v) is 4.50. The van der Waals surface area contributed by atoms with Crippen molar-refractivity contribution in [3.63, 3.8) is 0 Å². The summed E-state index contributed by atoms with van der Waals surface area (Å²) in [6.07, 6.45) is 5.22. The second kappa shape index (κ2) is 8.54. The highest BCUT2D eigenvalue weighted by Crippen LogP contribution is 2.27. The minimum Gasteiger partial charge on any atom is -0.301 e. The maximum atomic E-state index is 12.4. The van der Waals surface area contributed by atoms with Gasteiger partial charge in [-0.3, -0.25) is 14.3 Å². The molecule has 3 heterocycles. The van der Waals surface area contributed by atoms with E-state index in [-0.39, 0.29) is 11.7 Å².